The van der Waals surface area contributed by atoms with Crippen LogP contribution in [0.2, 0.25) is 0 Å². The predicted molar refractivity (Wildman–Crippen MR) is 82.3 cm³/mol. The first-order valence-electron chi connectivity index (χ1n) is 6.91. The molecule has 0 saturated heterocycles. The Bertz CT molecular complexity index is 359. The lowest BCUT2D eigenvalue weighted by Gasteiger charge is -2.19. The summed E-state index contributed by atoms with van der Waals surface area (Å²) in [5.41, 5.74) is 1.69. The van der Waals surface area contributed by atoms with Crippen LogP contribution in [0.1, 0.15) is 49.9 Å². The molecule has 0 saturated carbocycles. The fraction of sp³-hybridized carbons (Fsp3) is 0.733. The van der Waals surface area contributed by atoms with E-state index in [0.29, 0.717) is 0 Å². The maximum Gasteiger partial charge on any atom is 0.0304 e. The fourth-order valence-corrected chi connectivity index (χ4v) is 2.87. The van der Waals surface area contributed by atoms with Gasteiger partial charge in [0.1, 0.15) is 0 Å². The van der Waals surface area contributed by atoms with E-state index >= 15 is 0 Å². The number of nitrogens with zero attached hydrogens (tertiary/aromatic N) is 1. The van der Waals surface area contributed by atoms with Crippen molar-refractivity contribution in [3.63, 3.8) is 0 Å². The van der Waals surface area contributed by atoms with Gasteiger partial charge in [0.2, 0.25) is 0 Å². The van der Waals surface area contributed by atoms with Crippen LogP contribution in [-0.2, 0) is 13.1 Å². The van der Waals surface area contributed by atoms with Crippen LogP contribution >= 0.6 is 11.3 Å². The Labute approximate surface area is 116 Å². The largest absolute Gasteiger partial charge is 0.307 e. The summed E-state index contributed by atoms with van der Waals surface area (Å²) in [6, 6.07) is 2.37. The van der Waals surface area contributed by atoms with Crippen LogP contribution in [0.15, 0.2) is 6.07 Å². The van der Waals surface area contributed by atoms with E-state index in [4.69, 9.17) is 0 Å². The third-order valence-corrected chi connectivity index (χ3v) is 4.25. The topological polar surface area (TPSA) is 15.3 Å². The molecule has 104 valence electrons. The molecule has 0 unspecified atom stereocenters. The Kier molecular flexibility index (Phi) is 5.83. The van der Waals surface area contributed by atoms with Crippen molar-refractivity contribution in [2.45, 2.75) is 60.2 Å². The number of rotatable bonds is 6. The standard InChI is InChI=1S/C15H28N2S/c1-7-17(8-2)11-13-9-14(18-12(13)3)10-16-15(4,5)6/h9,16H,7-8,10-11H2,1-6H3. The van der Waals surface area contributed by atoms with Crippen LogP contribution in [0, 0.1) is 6.92 Å². The Morgan fingerprint density at radius 2 is 1.83 bits per heavy atom. The second-order valence-electron chi connectivity index (χ2n) is 5.86. The normalized spacial score (nSPS) is 12.4. The summed E-state index contributed by atoms with van der Waals surface area (Å²) in [5, 5.41) is 3.56. The van der Waals surface area contributed by atoms with E-state index in [9.17, 15) is 0 Å². The van der Waals surface area contributed by atoms with Gasteiger partial charge in [-0.05, 0) is 52.4 Å². The minimum Gasteiger partial charge on any atom is -0.307 e. The molecule has 0 amide bonds. The highest BCUT2D eigenvalue weighted by atomic mass is 32.1. The Morgan fingerprint density at radius 3 is 2.33 bits per heavy atom. The molecule has 0 aromatic carbocycles. The van der Waals surface area contributed by atoms with Crippen molar-refractivity contribution in [1.29, 1.82) is 0 Å². The Morgan fingerprint density at radius 1 is 1.22 bits per heavy atom. The number of nitrogens with one attached hydrogen (secondary N) is 1. The first-order chi connectivity index (χ1) is 8.35. The van der Waals surface area contributed by atoms with E-state index in [2.05, 4.69) is 57.8 Å². The van der Waals surface area contributed by atoms with Crippen molar-refractivity contribution in [3.05, 3.63) is 21.4 Å². The highest BCUT2D eigenvalue weighted by molar-refractivity contribution is 7.12. The van der Waals surface area contributed by atoms with Gasteiger partial charge in [0.25, 0.3) is 0 Å². The van der Waals surface area contributed by atoms with E-state index in [0.717, 1.165) is 26.2 Å². The third kappa shape index (κ3) is 5.09. The molecule has 0 aliphatic carbocycles. The summed E-state index contributed by atoms with van der Waals surface area (Å²) < 4.78 is 0. The molecular formula is C15H28N2S. The summed E-state index contributed by atoms with van der Waals surface area (Å²) in [6.07, 6.45) is 0. The van der Waals surface area contributed by atoms with Crippen molar-refractivity contribution in [3.8, 4) is 0 Å². The second kappa shape index (κ2) is 6.69. The van der Waals surface area contributed by atoms with Gasteiger partial charge in [-0.25, -0.2) is 0 Å². The molecule has 0 spiro atoms. The number of hydrogen-bond acceptors (Lipinski definition) is 3. The van der Waals surface area contributed by atoms with Gasteiger partial charge >= 0.3 is 0 Å². The van der Waals surface area contributed by atoms with Crippen LogP contribution in [0.4, 0.5) is 0 Å². The minimum atomic E-state index is 0.191. The van der Waals surface area contributed by atoms with Gasteiger partial charge in [-0.15, -0.1) is 11.3 Å². The zero-order valence-corrected chi connectivity index (χ0v) is 13.6. The van der Waals surface area contributed by atoms with Gasteiger partial charge < -0.3 is 5.32 Å². The van der Waals surface area contributed by atoms with Crippen molar-refractivity contribution < 1.29 is 0 Å². The zero-order valence-electron chi connectivity index (χ0n) is 12.8. The van der Waals surface area contributed by atoms with Crippen LogP contribution in [0.5, 0.6) is 0 Å². The van der Waals surface area contributed by atoms with Gasteiger partial charge in [-0.3, -0.25) is 4.90 Å². The average molecular weight is 268 g/mol. The highest BCUT2D eigenvalue weighted by Gasteiger charge is 2.12. The number of aryl methyl sites for hydroxylation is 1. The molecule has 0 fully saturated rings. The maximum atomic E-state index is 3.56. The van der Waals surface area contributed by atoms with E-state index in [1.54, 1.807) is 0 Å². The molecule has 0 aliphatic heterocycles. The summed E-state index contributed by atoms with van der Waals surface area (Å²) in [7, 11) is 0. The highest BCUT2D eigenvalue weighted by Crippen LogP contribution is 2.23. The average Bonchev–Trinajstić information content (AvgIpc) is 2.63. The molecule has 1 aromatic rings. The summed E-state index contributed by atoms with van der Waals surface area (Å²) in [5.74, 6) is 0. The molecule has 18 heavy (non-hydrogen) atoms. The molecule has 0 radical (unpaired) electrons. The van der Waals surface area contributed by atoms with Gasteiger partial charge in [-0.2, -0.15) is 0 Å². The van der Waals surface area contributed by atoms with Crippen LogP contribution in [-0.4, -0.2) is 23.5 Å². The van der Waals surface area contributed by atoms with Gasteiger partial charge in [0.15, 0.2) is 0 Å². The minimum absolute atomic E-state index is 0.191. The lowest BCUT2D eigenvalue weighted by molar-refractivity contribution is 0.295. The van der Waals surface area contributed by atoms with E-state index in [1.807, 2.05) is 11.3 Å². The molecule has 0 bridgehead atoms. The maximum absolute atomic E-state index is 3.56. The molecule has 0 atom stereocenters. The Hall–Kier alpha value is -0.380. The zero-order chi connectivity index (χ0) is 13.8. The summed E-state index contributed by atoms with van der Waals surface area (Å²) >= 11 is 1.93. The monoisotopic (exact) mass is 268 g/mol. The van der Waals surface area contributed by atoms with Crippen LogP contribution in [0.3, 0.4) is 0 Å². The lowest BCUT2D eigenvalue weighted by atomic mass is 10.1. The molecule has 1 rings (SSSR count). The first-order valence-corrected chi connectivity index (χ1v) is 7.73. The number of thiophene rings is 1. The van der Waals surface area contributed by atoms with Gasteiger partial charge in [-0.1, -0.05) is 13.8 Å². The Balaban J connectivity index is 2.64. The smallest absolute Gasteiger partial charge is 0.0304 e. The molecule has 0 aliphatic rings. The van der Waals surface area contributed by atoms with Crippen molar-refractivity contribution >= 4 is 11.3 Å². The quantitative estimate of drug-likeness (QED) is 0.844. The second-order valence-corrected chi connectivity index (χ2v) is 7.20. The molecule has 1 heterocycles. The molecule has 1 N–H and O–H groups in total. The van der Waals surface area contributed by atoms with Gasteiger partial charge in [0.05, 0.1) is 0 Å². The van der Waals surface area contributed by atoms with E-state index in [1.165, 1.54) is 15.3 Å². The van der Waals surface area contributed by atoms with Crippen molar-refractivity contribution in [2.24, 2.45) is 0 Å². The van der Waals surface area contributed by atoms with Crippen molar-refractivity contribution in [2.75, 3.05) is 13.1 Å². The number of hydrogen-bond donors (Lipinski definition) is 1. The molecular weight excluding hydrogens is 240 g/mol. The fourth-order valence-electron chi connectivity index (χ4n) is 1.87. The first kappa shape index (κ1) is 15.7. The summed E-state index contributed by atoms with van der Waals surface area (Å²) in [4.78, 5) is 5.38. The molecule has 2 nitrogen and oxygen atoms in total. The lowest BCUT2D eigenvalue weighted by Crippen LogP contribution is -2.34. The SMILES string of the molecule is CCN(CC)Cc1cc(CNC(C)(C)C)sc1C. The molecule has 3 heteroatoms. The van der Waals surface area contributed by atoms with Crippen molar-refractivity contribution in [1.82, 2.24) is 10.2 Å². The summed E-state index contributed by atoms with van der Waals surface area (Å²) in [6.45, 7) is 17.7. The van der Waals surface area contributed by atoms with Gasteiger partial charge in [0, 0.05) is 28.4 Å². The molecule has 1 aromatic heterocycles. The third-order valence-electron chi connectivity index (χ3n) is 3.15. The van der Waals surface area contributed by atoms with Crippen LogP contribution in [0.25, 0.3) is 0 Å². The predicted octanol–water partition coefficient (Wildman–Crippen LogP) is 3.79. The van der Waals surface area contributed by atoms with E-state index in [-0.39, 0.29) is 5.54 Å². The van der Waals surface area contributed by atoms with Crippen LogP contribution < -0.4 is 5.32 Å². The van der Waals surface area contributed by atoms with E-state index < -0.39 is 0 Å².